The lowest BCUT2D eigenvalue weighted by atomic mass is 10.0. The zero-order valence-electron chi connectivity index (χ0n) is 12.2. The molecule has 1 amide bonds. The van der Waals surface area contributed by atoms with Gasteiger partial charge in [0.05, 0.1) is 18.7 Å². The number of amides is 1. The number of thiophene rings is 1. The van der Waals surface area contributed by atoms with Crippen molar-refractivity contribution in [1.82, 2.24) is 19.9 Å². The lowest BCUT2D eigenvalue weighted by molar-refractivity contribution is -0.134. The van der Waals surface area contributed by atoms with Gasteiger partial charge in [-0.3, -0.25) is 9.48 Å². The Labute approximate surface area is 127 Å². The zero-order chi connectivity index (χ0) is 14.8. The molecule has 0 radical (unpaired) electrons. The highest BCUT2D eigenvalue weighted by Gasteiger charge is 2.34. The van der Waals surface area contributed by atoms with E-state index in [9.17, 15) is 4.79 Å². The predicted molar refractivity (Wildman–Crippen MR) is 79.1 cm³/mol. The van der Waals surface area contributed by atoms with Crippen molar-refractivity contribution >= 4 is 17.2 Å². The van der Waals surface area contributed by atoms with Crippen LogP contribution in [0.1, 0.15) is 22.3 Å². The first kappa shape index (κ1) is 14.2. The van der Waals surface area contributed by atoms with E-state index < -0.39 is 0 Å². The summed E-state index contributed by atoms with van der Waals surface area (Å²) < 4.78 is 7.09. The van der Waals surface area contributed by atoms with E-state index in [1.54, 1.807) is 23.1 Å². The highest BCUT2D eigenvalue weighted by atomic mass is 32.1. The third-order valence-corrected chi connectivity index (χ3v) is 4.68. The summed E-state index contributed by atoms with van der Waals surface area (Å²) in [6, 6.07) is 3.82. The van der Waals surface area contributed by atoms with Crippen LogP contribution in [0.4, 0.5) is 0 Å². The number of aromatic nitrogens is 3. The largest absolute Gasteiger partial charge is 0.382 e. The Hall–Kier alpha value is -1.73. The van der Waals surface area contributed by atoms with E-state index >= 15 is 0 Å². The van der Waals surface area contributed by atoms with E-state index in [4.69, 9.17) is 4.74 Å². The minimum absolute atomic E-state index is 0.121. The quantitative estimate of drug-likeness (QED) is 0.851. The summed E-state index contributed by atoms with van der Waals surface area (Å²) in [6.07, 6.45) is 1.22. The second-order valence-corrected chi connectivity index (χ2v) is 6.14. The van der Waals surface area contributed by atoms with Crippen LogP contribution in [-0.2, 0) is 29.4 Å². The number of carbonyl (C=O) groups is 1. The van der Waals surface area contributed by atoms with Crippen LogP contribution in [-0.4, -0.2) is 46.1 Å². The Balaban J connectivity index is 1.83. The molecule has 2 aromatic heterocycles. The second kappa shape index (κ2) is 5.95. The average molecular weight is 306 g/mol. The zero-order valence-corrected chi connectivity index (χ0v) is 13.0. The molecule has 0 bridgehead atoms. The van der Waals surface area contributed by atoms with Crippen molar-refractivity contribution in [3.05, 3.63) is 33.8 Å². The maximum absolute atomic E-state index is 12.6. The molecule has 2 aromatic rings. The van der Waals surface area contributed by atoms with Gasteiger partial charge in [-0.1, -0.05) is 11.3 Å². The van der Waals surface area contributed by atoms with Crippen LogP contribution < -0.4 is 0 Å². The van der Waals surface area contributed by atoms with Crippen LogP contribution in [0.2, 0.25) is 0 Å². The van der Waals surface area contributed by atoms with Crippen molar-refractivity contribution in [2.24, 2.45) is 7.05 Å². The maximum atomic E-state index is 12.6. The lowest BCUT2D eigenvalue weighted by Crippen LogP contribution is -2.43. The SMILES string of the molecule is COCC1c2nnn(C)c2CCN1C(=O)Cc1cccs1. The van der Waals surface area contributed by atoms with Gasteiger partial charge in [-0.2, -0.15) is 0 Å². The molecule has 0 N–H and O–H groups in total. The van der Waals surface area contributed by atoms with Gasteiger partial charge in [-0.15, -0.1) is 16.4 Å². The summed E-state index contributed by atoms with van der Waals surface area (Å²) in [6.45, 7) is 1.13. The number of rotatable bonds is 4. The number of hydrogen-bond acceptors (Lipinski definition) is 5. The van der Waals surface area contributed by atoms with Crippen LogP contribution >= 0.6 is 11.3 Å². The Morgan fingerprint density at radius 3 is 3.14 bits per heavy atom. The molecule has 0 saturated heterocycles. The highest BCUT2D eigenvalue weighted by molar-refractivity contribution is 7.10. The summed E-state index contributed by atoms with van der Waals surface area (Å²) in [5.41, 5.74) is 1.96. The topological polar surface area (TPSA) is 60.3 Å². The molecular weight excluding hydrogens is 288 g/mol. The fraction of sp³-hybridized carbons (Fsp3) is 0.500. The van der Waals surface area contributed by atoms with Crippen LogP contribution in [0, 0.1) is 0 Å². The number of methoxy groups -OCH3 is 1. The molecule has 3 heterocycles. The fourth-order valence-electron chi connectivity index (χ4n) is 2.76. The Bertz CT molecular complexity index is 623. The van der Waals surface area contributed by atoms with Crippen LogP contribution in [0.3, 0.4) is 0 Å². The molecule has 7 heteroatoms. The van der Waals surface area contributed by atoms with Crippen molar-refractivity contribution in [2.45, 2.75) is 18.9 Å². The molecule has 1 aliphatic heterocycles. The van der Waals surface area contributed by atoms with E-state index in [1.165, 1.54) is 0 Å². The molecule has 0 spiro atoms. The van der Waals surface area contributed by atoms with Crippen molar-refractivity contribution in [2.75, 3.05) is 20.3 Å². The number of fused-ring (bicyclic) bond motifs is 1. The van der Waals surface area contributed by atoms with Gasteiger partial charge in [0.2, 0.25) is 5.91 Å². The maximum Gasteiger partial charge on any atom is 0.228 e. The van der Waals surface area contributed by atoms with Gasteiger partial charge in [-0.25, -0.2) is 0 Å². The lowest BCUT2D eigenvalue weighted by Gasteiger charge is -2.34. The molecule has 0 fully saturated rings. The summed E-state index contributed by atoms with van der Waals surface area (Å²) in [7, 11) is 3.53. The predicted octanol–water partition coefficient (Wildman–Crippen LogP) is 1.19. The van der Waals surface area contributed by atoms with Gasteiger partial charge in [0.1, 0.15) is 11.7 Å². The Morgan fingerprint density at radius 1 is 1.57 bits per heavy atom. The smallest absolute Gasteiger partial charge is 0.228 e. The van der Waals surface area contributed by atoms with Crippen molar-refractivity contribution in [1.29, 1.82) is 0 Å². The molecule has 1 aliphatic rings. The molecule has 0 aliphatic carbocycles. The van der Waals surface area contributed by atoms with Gasteiger partial charge in [0, 0.05) is 32.0 Å². The number of hydrogen-bond donors (Lipinski definition) is 0. The third kappa shape index (κ3) is 2.71. The van der Waals surface area contributed by atoms with Gasteiger partial charge in [-0.05, 0) is 11.4 Å². The minimum atomic E-state index is -0.139. The van der Waals surface area contributed by atoms with Crippen LogP contribution in [0.25, 0.3) is 0 Å². The first-order chi connectivity index (χ1) is 10.2. The standard InChI is InChI=1S/C14H18N4O2S/c1-17-11-5-6-18(12(9-20-2)14(11)15-16-17)13(19)8-10-4-3-7-21-10/h3-4,7,12H,5-6,8-9H2,1-2H3. The molecule has 3 rings (SSSR count). The summed E-state index contributed by atoms with van der Waals surface area (Å²) >= 11 is 1.61. The van der Waals surface area contributed by atoms with Crippen LogP contribution in [0.5, 0.6) is 0 Å². The summed E-state index contributed by atoms with van der Waals surface area (Å²) in [5.74, 6) is 0.121. The van der Waals surface area contributed by atoms with Crippen molar-refractivity contribution in [3.63, 3.8) is 0 Å². The summed E-state index contributed by atoms with van der Waals surface area (Å²) in [4.78, 5) is 15.5. The molecule has 1 unspecified atom stereocenters. The Kier molecular flexibility index (Phi) is 4.03. The third-order valence-electron chi connectivity index (χ3n) is 3.80. The molecular formula is C14H18N4O2S. The summed E-state index contributed by atoms with van der Waals surface area (Å²) in [5, 5.41) is 10.3. The first-order valence-electron chi connectivity index (χ1n) is 6.90. The van der Waals surface area contributed by atoms with E-state index in [0.29, 0.717) is 19.6 Å². The van der Waals surface area contributed by atoms with Gasteiger partial charge >= 0.3 is 0 Å². The second-order valence-electron chi connectivity index (χ2n) is 5.11. The Morgan fingerprint density at radius 2 is 2.43 bits per heavy atom. The van der Waals surface area contributed by atoms with Crippen molar-refractivity contribution in [3.8, 4) is 0 Å². The van der Waals surface area contributed by atoms with Gasteiger partial charge < -0.3 is 9.64 Å². The molecule has 21 heavy (non-hydrogen) atoms. The fourth-order valence-corrected chi connectivity index (χ4v) is 3.46. The number of ether oxygens (including phenoxy) is 1. The minimum Gasteiger partial charge on any atom is -0.382 e. The molecule has 6 nitrogen and oxygen atoms in total. The normalized spacial score (nSPS) is 17.8. The number of nitrogens with zero attached hydrogens (tertiary/aromatic N) is 4. The van der Waals surface area contributed by atoms with E-state index in [0.717, 1.165) is 22.7 Å². The molecule has 1 atom stereocenters. The monoisotopic (exact) mass is 306 g/mol. The van der Waals surface area contributed by atoms with E-state index in [2.05, 4.69) is 10.3 Å². The van der Waals surface area contributed by atoms with Crippen molar-refractivity contribution < 1.29 is 9.53 Å². The van der Waals surface area contributed by atoms with E-state index in [-0.39, 0.29) is 11.9 Å². The van der Waals surface area contributed by atoms with E-state index in [1.807, 2.05) is 29.5 Å². The first-order valence-corrected chi connectivity index (χ1v) is 7.78. The molecule has 112 valence electrons. The number of aryl methyl sites for hydroxylation is 1. The van der Waals surface area contributed by atoms with Crippen LogP contribution in [0.15, 0.2) is 17.5 Å². The molecule has 0 aromatic carbocycles. The van der Waals surface area contributed by atoms with Gasteiger partial charge in [0.25, 0.3) is 0 Å². The number of carbonyl (C=O) groups excluding carboxylic acids is 1. The average Bonchev–Trinajstić information content (AvgIpc) is 3.10. The highest BCUT2D eigenvalue weighted by Crippen LogP contribution is 2.28. The van der Waals surface area contributed by atoms with Gasteiger partial charge in [0.15, 0.2) is 0 Å². The molecule has 0 saturated carbocycles.